The van der Waals surface area contributed by atoms with Gasteiger partial charge in [0.25, 0.3) is 0 Å². The van der Waals surface area contributed by atoms with Crippen LogP contribution in [0.25, 0.3) is 0 Å². The van der Waals surface area contributed by atoms with Crippen LogP contribution in [0.15, 0.2) is 36.4 Å². The van der Waals surface area contributed by atoms with Gasteiger partial charge in [0.15, 0.2) is 5.82 Å². The second-order valence-corrected chi connectivity index (χ2v) is 5.57. The van der Waals surface area contributed by atoms with Crippen LogP contribution in [0.5, 0.6) is 0 Å². The van der Waals surface area contributed by atoms with Crippen molar-refractivity contribution in [1.29, 1.82) is 0 Å². The fourth-order valence-electron chi connectivity index (χ4n) is 2.66. The lowest BCUT2D eigenvalue weighted by atomic mass is 10.1. The monoisotopic (exact) mass is 344 g/mol. The molecule has 3 rings (SSSR count). The molecule has 0 atom stereocenters. The van der Waals surface area contributed by atoms with Crippen molar-refractivity contribution in [3.05, 3.63) is 59.4 Å². The van der Waals surface area contributed by atoms with Crippen molar-refractivity contribution in [1.82, 2.24) is 19.7 Å². The molecule has 7 nitrogen and oxygen atoms in total. The van der Waals surface area contributed by atoms with Gasteiger partial charge in [-0.15, -0.1) is 10.2 Å². The van der Waals surface area contributed by atoms with Gasteiger partial charge in [-0.25, -0.2) is 9.18 Å². The van der Waals surface area contributed by atoms with Crippen LogP contribution in [-0.4, -0.2) is 45.2 Å². The fraction of sp³-hybridized carbons (Fsp3) is 0.294. The maximum atomic E-state index is 13.8. The first-order chi connectivity index (χ1) is 12.1. The maximum Gasteiger partial charge on any atom is 0.330 e. The van der Waals surface area contributed by atoms with Crippen LogP contribution in [0.1, 0.15) is 17.2 Å². The van der Waals surface area contributed by atoms with E-state index in [0.717, 1.165) is 6.08 Å². The zero-order valence-electron chi connectivity index (χ0n) is 13.7. The number of esters is 1. The Bertz CT molecular complexity index is 831. The van der Waals surface area contributed by atoms with E-state index in [1.165, 1.54) is 19.3 Å². The highest BCUT2D eigenvalue weighted by molar-refractivity contribution is 5.94. The van der Waals surface area contributed by atoms with Gasteiger partial charge in [0.05, 0.1) is 13.7 Å². The van der Waals surface area contributed by atoms with Crippen molar-refractivity contribution < 1.29 is 18.7 Å². The number of benzene rings is 1. The van der Waals surface area contributed by atoms with Crippen molar-refractivity contribution in [3.63, 3.8) is 0 Å². The summed E-state index contributed by atoms with van der Waals surface area (Å²) in [5.41, 5.74) is 0.553. The van der Waals surface area contributed by atoms with Crippen molar-refractivity contribution in [3.8, 4) is 0 Å². The number of carbonyl (C=O) groups is 2. The van der Waals surface area contributed by atoms with Crippen molar-refractivity contribution in [2.24, 2.45) is 0 Å². The molecule has 0 saturated carbocycles. The molecular formula is C17H17FN4O3. The smallest absolute Gasteiger partial charge is 0.330 e. The number of fused-ring (bicyclic) bond motifs is 1. The number of ether oxygens (including phenoxy) is 1. The Morgan fingerprint density at radius 1 is 1.24 bits per heavy atom. The zero-order valence-corrected chi connectivity index (χ0v) is 13.7. The molecule has 0 radical (unpaired) electrons. The molecule has 0 fully saturated rings. The van der Waals surface area contributed by atoms with Gasteiger partial charge in [-0.3, -0.25) is 4.79 Å². The summed E-state index contributed by atoms with van der Waals surface area (Å²) >= 11 is 0. The predicted molar refractivity (Wildman–Crippen MR) is 85.8 cm³/mol. The molecule has 0 aliphatic carbocycles. The van der Waals surface area contributed by atoms with Gasteiger partial charge in [0.2, 0.25) is 5.91 Å². The lowest BCUT2D eigenvalue weighted by Gasteiger charge is -2.26. The molecule has 130 valence electrons. The Kier molecular flexibility index (Phi) is 4.87. The molecule has 1 aromatic carbocycles. The Labute approximate surface area is 143 Å². The number of aromatic nitrogens is 3. The minimum absolute atomic E-state index is 0.277. The average Bonchev–Trinajstić information content (AvgIpc) is 3.03. The molecule has 1 amide bonds. The predicted octanol–water partition coefficient (Wildman–Crippen LogP) is 1.08. The minimum atomic E-state index is -0.583. The summed E-state index contributed by atoms with van der Waals surface area (Å²) in [6, 6.07) is 6.55. The second-order valence-electron chi connectivity index (χ2n) is 5.57. The molecule has 0 spiro atoms. The van der Waals surface area contributed by atoms with Crippen LogP contribution >= 0.6 is 0 Å². The third-order valence-corrected chi connectivity index (χ3v) is 4.01. The summed E-state index contributed by atoms with van der Waals surface area (Å²) in [4.78, 5) is 24.7. The van der Waals surface area contributed by atoms with Crippen molar-refractivity contribution in [2.75, 3.05) is 13.7 Å². The molecule has 2 aromatic rings. The number of nitrogens with zero attached hydrogens (tertiary/aromatic N) is 4. The van der Waals surface area contributed by atoms with E-state index in [0.29, 0.717) is 36.7 Å². The lowest BCUT2D eigenvalue weighted by molar-refractivity contribution is -0.135. The first-order valence-electron chi connectivity index (χ1n) is 7.78. The molecule has 0 bridgehead atoms. The van der Waals surface area contributed by atoms with E-state index in [1.54, 1.807) is 23.1 Å². The molecule has 1 aliphatic rings. The molecule has 0 saturated heterocycles. The topological polar surface area (TPSA) is 77.3 Å². The molecule has 1 aromatic heterocycles. The molecule has 8 heteroatoms. The summed E-state index contributed by atoms with van der Waals surface area (Å²) in [7, 11) is 1.25. The molecular weight excluding hydrogens is 327 g/mol. The quantitative estimate of drug-likeness (QED) is 0.613. The van der Waals surface area contributed by atoms with Crippen molar-refractivity contribution in [2.45, 2.75) is 19.5 Å². The summed E-state index contributed by atoms with van der Waals surface area (Å²) in [5.74, 6) is 0.145. The first kappa shape index (κ1) is 16.8. The Hall–Kier alpha value is -3.03. The van der Waals surface area contributed by atoms with Gasteiger partial charge in [0.1, 0.15) is 11.6 Å². The second kappa shape index (κ2) is 7.25. The largest absolute Gasteiger partial charge is 0.466 e. The van der Waals surface area contributed by atoms with E-state index < -0.39 is 5.97 Å². The number of methoxy groups -OCH3 is 1. The van der Waals surface area contributed by atoms with E-state index in [1.807, 2.05) is 4.57 Å². The van der Waals surface area contributed by atoms with Gasteiger partial charge in [-0.1, -0.05) is 18.2 Å². The number of hydrogen-bond donors (Lipinski definition) is 0. The Balaban J connectivity index is 1.71. The van der Waals surface area contributed by atoms with Crippen LogP contribution < -0.4 is 0 Å². The minimum Gasteiger partial charge on any atom is -0.466 e. The van der Waals surface area contributed by atoms with E-state index in [9.17, 15) is 14.0 Å². The van der Waals surface area contributed by atoms with Gasteiger partial charge < -0.3 is 14.2 Å². The van der Waals surface area contributed by atoms with Crippen LogP contribution in [0, 0.1) is 5.82 Å². The summed E-state index contributed by atoms with van der Waals surface area (Å²) < 4.78 is 20.2. The average molecular weight is 344 g/mol. The molecule has 0 N–H and O–H groups in total. The van der Waals surface area contributed by atoms with Gasteiger partial charge in [-0.05, 0) is 11.6 Å². The third-order valence-electron chi connectivity index (χ3n) is 4.01. The molecule has 0 unspecified atom stereocenters. The normalized spacial score (nSPS) is 13.8. The molecule has 25 heavy (non-hydrogen) atoms. The van der Waals surface area contributed by atoms with Crippen LogP contribution in [0.3, 0.4) is 0 Å². The Morgan fingerprint density at radius 3 is 2.80 bits per heavy atom. The van der Waals surface area contributed by atoms with E-state index in [-0.39, 0.29) is 18.3 Å². The highest BCUT2D eigenvalue weighted by atomic mass is 19.1. The number of carbonyl (C=O) groups excluding carboxylic acids is 2. The maximum absolute atomic E-state index is 13.8. The van der Waals surface area contributed by atoms with Gasteiger partial charge >= 0.3 is 5.97 Å². The van der Waals surface area contributed by atoms with Crippen LogP contribution in [-0.2, 0) is 33.8 Å². The molecule has 1 aliphatic heterocycles. The zero-order chi connectivity index (χ0) is 17.8. The van der Waals surface area contributed by atoms with Gasteiger partial charge in [-0.2, -0.15) is 0 Å². The highest BCUT2D eigenvalue weighted by Crippen LogP contribution is 2.17. The summed E-state index contributed by atoms with van der Waals surface area (Å²) in [6.45, 7) is 1.26. The van der Waals surface area contributed by atoms with Crippen molar-refractivity contribution >= 4 is 11.9 Å². The standard InChI is InChI=1S/C17H17FN4O3/c1-25-17(24)7-6-16(23)21-8-9-22-14(19-20-15(22)11-21)10-12-4-2-3-5-13(12)18/h2-7H,8-11H2,1H3/b7-6+. The van der Waals surface area contributed by atoms with Crippen LogP contribution in [0.4, 0.5) is 4.39 Å². The highest BCUT2D eigenvalue weighted by Gasteiger charge is 2.23. The SMILES string of the molecule is COC(=O)/C=C/C(=O)N1CCn2c(Cc3ccccc3F)nnc2C1. The number of amides is 1. The fourth-order valence-corrected chi connectivity index (χ4v) is 2.66. The number of hydrogen-bond acceptors (Lipinski definition) is 5. The number of rotatable bonds is 4. The van der Waals surface area contributed by atoms with E-state index in [2.05, 4.69) is 14.9 Å². The lowest BCUT2D eigenvalue weighted by Crippen LogP contribution is -2.38. The summed E-state index contributed by atoms with van der Waals surface area (Å²) in [5, 5.41) is 8.24. The Morgan fingerprint density at radius 2 is 2.04 bits per heavy atom. The summed E-state index contributed by atoms with van der Waals surface area (Å²) in [6.07, 6.45) is 2.61. The number of halogens is 1. The molecule has 2 heterocycles. The van der Waals surface area contributed by atoms with Crippen LogP contribution in [0.2, 0.25) is 0 Å². The third kappa shape index (κ3) is 3.73. The van der Waals surface area contributed by atoms with E-state index in [4.69, 9.17) is 0 Å². The first-order valence-corrected chi connectivity index (χ1v) is 7.78. The van der Waals surface area contributed by atoms with Gasteiger partial charge in [0, 0.05) is 31.7 Å². The van der Waals surface area contributed by atoms with E-state index >= 15 is 0 Å².